The van der Waals surface area contributed by atoms with Gasteiger partial charge in [0, 0.05) is 25.0 Å². The van der Waals surface area contributed by atoms with Crippen LogP contribution in [0.2, 0.25) is 5.02 Å². The van der Waals surface area contributed by atoms with Crippen LogP contribution in [0.5, 0.6) is 0 Å². The van der Waals surface area contributed by atoms with Crippen LogP contribution >= 0.6 is 102 Å². The van der Waals surface area contributed by atoms with E-state index in [9.17, 15) is 19.2 Å². The predicted molar refractivity (Wildman–Crippen MR) is 162 cm³/mol. The first-order valence-corrected chi connectivity index (χ1v) is 14.5. The number of hydrogen-bond acceptors (Lipinski definition) is 5. The zero-order valence-electron chi connectivity index (χ0n) is 18.0. The predicted octanol–water partition coefficient (Wildman–Crippen LogP) is 5.87. The maximum Gasteiger partial charge on any atom is 0.330 e. The molecule has 34 heavy (non-hydrogen) atoms. The smallest absolute Gasteiger partial charge is 0.330 e. The highest BCUT2D eigenvalue weighted by Crippen LogP contribution is 2.39. The number of nitrogens with zero attached hydrogens (tertiary/aromatic N) is 1. The molecule has 0 aliphatic carbocycles. The van der Waals surface area contributed by atoms with Crippen LogP contribution in [0.15, 0.2) is 18.2 Å². The van der Waals surface area contributed by atoms with Gasteiger partial charge in [-0.15, -0.1) is 0 Å². The molecule has 0 aromatic heterocycles. The van der Waals surface area contributed by atoms with Crippen LogP contribution in [0.3, 0.4) is 0 Å². The fourth-order valence-corrected chi connectivity index (χ4v) is 7.35. The number of amides is 3. The molecule has 3 amide bonds. The number of rotatable bonds is 6. The minimum Gasteiger partial charge on any atom is -0.454 e. The van der Waals surface area contributed by atoms with E-state index in [4.69, 9.17) is 16.3 Å². The van der Waals surface area contributed by atoms with Crippen molar-refractivity contribution in [3.63, 3.8) is 0 Å². The molecule has 2 aromatic carbocycles. The largest absolute Gasteiger partial charge is 0.454 e. The lowest BCUT2D eigenvalue weighted by molar-refractivity contribution is -0.152. The molecule has 0 saturated heterocycles. The van der Waals surface area contributed by atoms with Crippen molar-refractivity contribution in [1.82, 2.24) is 4.90 Å². The van der Waals surface area contributed by atoms with Crippen LogP contribution in [0.1, 0.15) is 40.1 Å². The second-order valence-corrected chi connectivity index (χ2v) is 12.5. The van der Waals surface area contributed by atoms with E-state index in [1.807, 2.05) is 0 Å². The van der Waals surface area contributed by atoms with E-state index >= 15 is 0 Å². The van der Waals surface area contributed by atoms with Crippen molar-refractivity contribution in [2.75, 3.05) is 11.9 Å². The molecule has 180 valence electrons. The first-order valence-electron chi connectivity index (χ1n) is 9.83. The molecule has 0 spiro atoms. The third-order valence-electron chi connectivity index (χ3n) is 5.09. The average Bonchev–Trinajstić information content (AvgIpc) is 3.02. The molecule has 1 heterocycles. The Bertz CT molecular complexity index is 1190. The molecule has 0 fully saturated rings. The van der Waals surface area contributed by atoms with Gasteiger partial charge in [0.1, 0.15) is 6.04 Å². The molecule has 1 aliphatic heterocycles. The van der Waals surface area contributed by atoms with E-state index in [0.29, 0.717) is 29.0 Å². The fourth-order valence-electron chi connectivity index (χ4n) is 3.47. The first-order chi connectivity index (χ1) is 15.9. The number of imide groups is 1. The fraction of sp³-hybridized carbons (Fsp3) is 0.273. The molecule has 0 unspecified atom stereocenters. The number of aryl methyl sites for hydroxylation is 1. The molecule has 7 nitrogen and oxygen atoms in total. The van der Waals surface area contributed by atoms with Gasteiger partial charge in [-0.3, -0.25) is 19.3 Å². The normalized spacial score (nSPS) is 13.9. The van der Waals surface area contributed by atoms with Crippen molar-refractivity contribution < 1.29 is 23.9 Å². The Morgan fingerprint density at radius 1 is 1.00 bits per heavy atom. The van der Waals surface area contributed by atoms with Gasteiger partial charge in [0.25, 0.3) is 17.7 Å². The highest BCUT2D eigenvalue weighted by molar-refractivity contribution is 14.1. The van der Waals surface area contributed by atoms with Crippen LogP contribution in [-0.4, -0.2) is 41.2 Å². The van der Waals surface area contributed by atoms with Gasteiger partial charge in [0.05, 0.1) is 11.1 Å². The summed E-state index contributed by atoms with van der Waals surface area (Å²) in [6, 6.07) is 3.82. The summed E-state index contributed by atoms with van der Waals surface area (Å²) >= 11 is 14.3. The maximum atomic E-state index is 13.3. The Morgan fingerprint density at radius 3 is 2.00 bits per heavy atom. The van der Waals surface area contributed by atoms with Crippen LogP contribution in [0, 0.1) is 27.1 Å². The van der Waals surface area contributed by atoms with E-state index in [-0.39, 0.29) is 0 Å². The van der Waals surface area contributed by atoms with Gasteiger partial charge in [-0.05, 0) is 127 Å². The Labute approximate surface area is 256 Å². The highest BCUT2D eigenvalue weighted by atomic mass is 127. The lowest BCUT2D eigenvalue weighted by Crippen LogP contribution is -2.49. The van der Waals surface area contributed by atoms with Crippen molar-refractivity contribution in [2.45, 2.75) is 26.8 Å². The molecule has 1 atom stereocenters. The van der Waals surface area contributed by atoms with E-state index in [1.54, 1.807) is 39.0 Å². The molecule has 0 radical (unpaired) electrons. The van der Waals surface area contributed by atoms with Gasteiger partial charge in [-0.25, -0.2) is 4.79 Å². The number of nitrogens with one attached hydrogen (secondary N) is 1. The summed E-state index contributed by atoms with van der Waals surface area (Å²) in [7, 11) is 0. The van der Waals surface area contributed by atoms with Crippen molar-refractivity contribution >= 4 is 131 Å². The molecule has 2 aromatic rings. The topological polar surface area (TPSA) is 92.8 Å². The van der Waals surface area contributed by atoms with Crippen LogP contribution in [0.4, 0.5) is 5.69 Å². The Hall–Kier alpha value is -0.270. The van der Waals surface area contributed by atoms with Gasteiger partial charge in [0.15, 0.2) is 6.61 Å². The first kappa shape index (κ1) is 28.3. The summed E-state index contributed by atoms with van der Waals surface area (Å²) in [6.45, 7) is 4.67. The molecule has 1 N–H and O–H groups in total. The standard InChI is InChI=1S/C22H17ClI4N2O5/c1-8(2)19(22(33)34-7-12(30)28-11-5-4-10(23)6-9(11)3)29-20(31)13-14(21(29)32)16(25)18(27)17(26)15(13)24/h4-6,8,19H,7H2,1-3H3,(H,28,30)/t19-/m0/s1. The zero-order valence-corrected chi connectivity index (χ0v) is 27.4. The number of carbonyl (C=O) groups excluding carboxylic acids is 4. The summed E-state index contributed by atoms with van der Waals surface area (Å²) in [5.41, 5.74) is 1.90. The number of esters is 1. The number of carbonyl (C=O) groups is 4. The summed E-state index contributed by atoms with van der Waals surface area (Å²) in [6.07, 6.45) is 0. The van der Waals surface area contributed by atoms with Crippen LogP contribution in [-0.2, 0) is 14.3 Å². The number of fused-ring (bicyclic) bond motifs is 1. The number of halogens is 5. The summed E-state index contributed by atoms with van der Waals surface area (Å²) in [4.78, 5) is 53.0. The van der Waals surface area contributed by atoms with Crippen LogP contribution < -0.4 is 5.32 Å². The zero-order chi connectivity index (χ0) is 25.5. The summed E-state index contributed by atoms with van der Waals surface area (Å²) < 4.78 is 8.35. The van der Waals surface area contributed by atoms with Gasteiger partial charge < -0.3 is 10.1 Å². The molecular formula is C22H17ClI4N2O5. The average molecular weight is 932 g/mol. The third kappa shape index (κ3) is 5.51. The number of hydrogen-bond donors (Lipinski definition) is 1. The minimum atomic E-state index is -1.17. The van der Waals surface area contributed by atoms with Crippen LogP contribution in [0.25, 0.3) is 0 Å². The van der Waals surface area contributed by atoms with Gasteiger partial charge in [-0.1, -0.05) is 25.4 Å². The Morgan fingerprint density at radius 2 is 1.53 bits per heavy atom. The quantitative estimate of drug-likeness (QED) is 0.129. The third-order valence-corrected chi connectivity index (χ3v) is 12.7. The maximum absolute atomic E-state index is 13.3. The Balaban J connectivity index is 1.81. The monoisotopic (exact) mass is 932 g/mol. The van der Waals surface area contributed by atoms with Crippen molar-refractivity contribution in [1.29, 1.82) is 0 Å². The highest BCUT2D eigenvalue weighted by Gasteiger charge is 2.47. The van der Waals surface area contributed by atoms with E-state index in [2.05, 4.69) is 95.7 Å². The number of anilines is 1. The number of ether oxygens (including phenoxy) is 1. The van der Waals surface area contributed by atoms with Gasteiger partial charge in [0.2, 0.25) is 0 Å². The van der Waals surface area contributed by atoms with Crippen molar-refractivity contribution in [3.8, 4) is 0 Å². The number of benzene rings is 2. The second kappa shape index (κ2) is 11.4. The van der Waals surface area contributed by atoms with Gasteiger partial charge >= 0.3 is 5.97 Å². The lowest BCUT2D eigenvalue weighted by Gasteiger charge is -2.27. The summed E-state index contributed by atoms with van der Waals surface area (Å²) in [5.74, 6) is -2.86. The summed E-state index contributed by atoms with van der Waals surface area (Å²) in [5, 5.41) is 3.20. The molecule has 0 saturated carbocycles. The van der Waals surface area contributed by atoms with Gasteiger partial charge in [-0.2, -0.15) is 0 Å². The minimum absolute atomic E-state index is 0.300. The molecule has 1 aliphatic rings. The van der Waals surface area contributed by atoms with Crippen molar-refractivity contribution in [2.24, 2.45) is 5.92 Å². The second-order valence-electron chi connectivity index (χ2n) is 7.79. The van der Waals surface area contributed by atoms with E-state index in [0.717, 1.165) is 17.6 Å². The van der Waals surface area contributed by atoms with E-state index < -0.39 is 42.3 Å². The molecule has 3 rings (SSSR count). The lowest BCUT2D eigenvalue weighted by atomic mass is 10.0. The van der Waals surface area contributed by atoms with E-state index in [1.165, 1.54) is 0 Å². The SMILES string of the molecule is Cc1cc(Cl)ccc1NC(=O)COC(=O)[C@H](C(C)C)N1C(=O)c2c(I)c(I)c(I)c(I)c2C1=O. The molecule has 12 heteroatoms. The Kier molecular flexibility index (Phi) is 9.50. The molecule has 0 bridgehead atoms. The van der Waals surface area contributed by atoms with Crippen molar-refractivity contribution in [3.05, 3.63) is 54.2 Å². The molecular weight excluding hydrogens is 915 g/mol.